The molecule has 3 rings (SSSR count). The molecule has 0 bridgehead atoms. The zero-order valence-electron chi connectivity index (χ0n) is 9.93. The van der Waals surface area contributed by atoms with Crippen LogP contribution >= 0.6 is 0 Å². The van der Waals surface area contributed by atoms with Crippen molar-refractivity contribution in [1.29, 1.82) is 0 Å². The summed E-state index contributed by atoms with van der Waals surface area (Å²) in [5, 5.41) is 3.41. The third kappa shape index (κ3) is 2.30. The van der Waals surface area contributed by atoms with Crippen LogP contribution in [0.25, 0.3) is 5.82 Å². The summed E-state index contributed by atoms with van der Waals surface area (Å²) >= 11 is 0. The molecule has 1 fully saturated rings. The smallest absolute Gasteiger partial charge is 0.138 e. The first-order valence-electron chi connectivity index (χ1n) is 6.03. The van der Waals surface area contributed by atoms with E-state index in [9.17, 15) is 0 Å². The third-order valence-corrected chi connectivity index (χ3v) is 3.11. The lowest BCUT2D eigenvalue weighted by molar-refractivity contribution is 0.885. The molecule has 0 atom stereocenters. The maximum Gasteiger partial charge on any atom is 0.138 e. The highest BCUT2D eigenvalue weighted by atomic mass is 15.1. The molecule has 0 aliphatic heterocycles. The molecule has 0 saturated heterocycles. The quantitative estimate of drug-likeness (QED) is 0.873. The number of anilines is 1. The summed E-state index contributed by atoms with van der Waals surface area (Å²) in [6.45, 7) is 3.05. The molecule has 1 aliphatic carbocycles. The summed E-state index contributed by atoms with van der Waals surface area (Å²) < 4.78 is 1.98. The van der Waals surface area contributed by atoms with Gasteiger partial charge in [-0.25, -0.2) is 9.97 Å². The monoisotopic (exact) mass is 228 g/mol. The summed E-state index contributed by atoms with van der Waals surface area (Å²) in [6, 6.07) is 4.09. The van der Waals surface area contributed by atoms with Crippen molar-refractivity contribution in [3.05, 3.63) is 36.5 Å². The van der Waals surface area contributed by atoms with Crippen LogP contribution < -0.4 is 5.32 Å². The van der Waals surface area contributed by atoms with Crippen LogP contribution in [0.15, 0.2) is 30.7 Å². The second kappa shape index (κ2) is 4.20. The summed E-state index contributed by atoms with van der Waals surface area (Å²) in [7, 11) is 0. The van der Waals surface area contributed by atoms with Gasteiger partial charge in [-0.1, -0.05) is 0 Å². The van der Waals surface area contributed by atoms with Crippen molar-refractivity contribution < 1.29 is 0 Å². The van der Waals surface area contributed by atoms with E-state index >= 15 is 0 Å². The van der Waals surface area contributed by atoms with Crippen molar-refractivity contribution in [3.8, 4) is 5.82 Å². The topological polar surface area (TPSA) is 42.7 Å². The molecular weight excluding hydrogens is 212 g/mol. The van der Waals surface area contributed by atoms with Gasteiger partial charge in [0.15, 0.2) is 0 Å². The molecule has 88 valence electrons. The Bertz CT molecular complexity index is 496. The highest BCUT2D eigenvalue weighted by molar-refractivity contribution is 5.44. The third-order valence-electron chi connectivity index (χ3n) is 3.11. The zero-order chi connectivity index (χ0) is 11.7. The first-order valence-corrected chi connectivity index (χ1v) is 6.03. The lowest BCUT2D eigenvalue weighted by Gasteiger charge is -2.07. The highest BCUT2D eigenvalue weighted by Gasteiger charge is 2.20. The van der Waals surface area contributed by atoms with Gasteiger partial charge in [-0.2, -0.15) is 0 Å². The molecule has 0 amide bonds. The zero-order valence-corrected chi connectivity index (χ0v) is 9.93. The Balaban J connectivity index is 1.72. The summed E-state index contributed by atoms with van der Waals surface area (Å²) in [6.07, 6.45) is 8.34. The van der Waals surface area contributed by atoms with E-state index in [2.05, 4.69) is 21.4 Å². The Kier molecular flexibility index (Phi) is 2.55. The first kappa shape index (κ1) is 10.3. The van der Waals surface area contributed by atoms with Crippen LogP contribution in [-0.4, -0.2) is 21.1 Å². The van der Waals surface area contributed by atoms with Crippen molar-refractivity contribution in [1.82, 2.24) is 14.5 Å². The summed E-state index contributed by atoms with van der Waals surface area (Å²) in [5.74, 6) is 2.75. The SMILES string of the molecule is Cc1nccn1-c1ccc(NCC2CC2)cn1. The number of pyridine rings is 1. The predicted molar refractivity (Wildman–Crippen MR) is 67.3 cm³/mol. The number of aromatic nitrogens is 3. The predicted octanol–water partition coefficient (Wildman–Crippen LogP) is 2.40. The normalized spacial score (nSPS) is 14.9. The Labute approximate surface area is 101 Å². The van der Waals surface area contributed by atoms with Crippen LogP contribution in [0.3, 0.4) is 0 Å². The van der Waals surface area contributed by atoms with E-state index in [4.69, 9.17) is 0 Å². The van der Waals surface area contributed by atoms with E-state index in [0.717, 1.165) is 29.8 Å². The number of hydrogen-bond acceptors (Lipinski definition) is 3. The minimum atomic E-state index is 0.880. The van der Waals surface area contributed by atoms with Gasteiger partial charge in [0, 0.05) is 18.9 Å². The maximum absolute atomic E-state index is 4.44. The van der Waals surface area contributed by atoms with Gasteiger partial charge in [-0.3, -0.25) is 4.57 Å². The van der Waals surface area contributed by atoms with Crippen molar-refractivity contribution in [2.45, 2.75) is 19.8 Å². The Morgan fingerprint density at radius 2 is 2.24 bits per heavy atom. The molecule has 1 aliphatic rings. The van der Waals surface area contributed by atoms with Crippen LogP contribution in [-0.2, 0) is 0 Å². The molecule has 0 aromatic carbocycles. The van der Waals surface area contributed by atoms with Crippen molar-refractivity contribution in [3.63, 3.8) is 0 Å². The molecule has 17 heavy (non-hydrogen) atoms. The van der Waals surface area contributed by atoms with Gasteiger partial charge in [-0.05, 0) is 37.8 Å². The number of nitrogens with zero attached hydrogens (tertiary/aromatic N) is 3. The van der Waals surface area contributed by atoms with E-state index < -0.39 is 0 Å². The molecule has 4 nitrogen and oxygen atoms in total. The molecular formula is C13H16N4. The molecule has 2 aromatic rings. The molecule has 0 spiro atoms. The van der Waals surface area contributed by atoms with Gasteiger partial charge in [0.1, 0.15) is 11.6 Å². The minimum absolute atomic E-state index is 0.880. The van der Waals surface area contributed by atoms with Crippen molar-refractivity contribution >= 4 is 5.69 Å². The number of hydrogen-bond donors (Lipinski definition) is 1. The van der Waals surface area contributed by atoms with Gasteiger partial charge in [0.2, 0.25) is 0 Å². The average Bonchev–Trinajstić information content (AvgIpc) is 3.09. The van der Waals surface area contributed by atoms with Crippen molar-refractivity contribution in [2.24, 2.45) is 5.92 Å². The highest BCUT2D eigenvalue weighted by Crippen LogP contribution is 2.28. The number of imidazole rings is 1. The summed E-state index contributed by atoms with van der Waals surface area (Å²) in [4.78, 5) is 8.63. The Morgan fingerprint density at radius 1 is 1.35 bits per heavy atom. The van der Waals surface area contributed by atoms with E-state index in [1.54, 1.807) is 6.20 Å². The maximum atomic E-state index is 4.44. The van der Waals surface area contributed by atoms with Crippen LogP contribution in [0.1, 0.15) is 18.7 Å². The lowest BCUT2D eigenvalue weighted by atomic mass is 10.3. The first-order chi connectivity index (χ1) is 8.33. The molecule has 4 heteroatoms. The molecule has 1 N–H and O–H groups in total. The van der Waals surface area contributed by atoms with E-state index in [-0.39, 0.29) is 0 Å². The van der Waals surface area contributed by atoms with Gasteiger partial charge in [0.25, 0.3) is 0 Å². The van der Waals surface area contributed by atoms with Crippen LogP contribution in [0.2, 0.25) is 0 Å². The second-order valence-corrected chi connectivity index (χ2v) is 4.57. The van der Waals surface area contributed by atoms with Crippen molar-refractivity contribution in [2.75, 3.05) is 11.9 Å². The fraction of sp³-hybridized carbons (Fsp3) is 0.385. The molecule has 0 unspecified atom stereocenters. The van der Waals surface area contributed by atoms with E-state index in [1.807, 2.05) is 30.0 Å². The van der Waals surface area contributed by atoms with E-state index in [1.165, 1.54) is 12.8 Å². The molecule has 0 radical (unpaired) electrons. The van der Waals surface area contributed by atoms with Gasteiger partial charge in [0.05, 0.1) is 11.9 Å². The van der Waals surface area contributed by atoms with Gasteiger partial charge >= 0.3 is 0 Å². The van der Waals surface area contributed by atoms with Gasteiger partial charge in [-0.15, -0.1) is 0 Å². The minimum Gasteiger partial charge on any atom is -0.384 e. The standard InChI is InChI=1S/C13H16N4/c1-10-14-6-7-17(10)13-5-4-12(9-16-13)15-8-11-2-3-11/h4-7,9,11,15H,2-3,8H2,1H3. The van der Waals surface area contributed by atoms with Crippen LogP contribution in [0, 0.1) is 12.8 Å². The largest absolute Gasteiger partial charge is 0.384 e. The molecule has 2 aromatic heterocycles. The average molecular weight is 228 g/mol. The fourth-order valence-electron chi connectivity index (χ4n) is 1.84. The van der Waals surface area contributed by atoms with Crippen LogP contribution in [0.4, 0.5) is 5.69 Å². The Hall–Kier alpha value is -1.84. The van der Waals surface area contributed by atoms with E-state index in [0.29, 0.717) is 0 Å². The molecule has 1 saturated carbocycles. The van der Waals surface area contributed by atoms with Gasteiger partial charge < -0.3 is 5.32 Å². The lowest BCUT2D eigenvalue weighted by Crippen LogP contribution is -2.04. The van der Waals surface area contributed by atoms with Crippen LogP contribution in [0.5, 0.6) is 0 Å². The summed E-state index contributed by atoms with van der Waals surface area (Å²) in [5.41, 5.74) is 1.10. The molecule has 2 heterocycles. The number of nitrogens with one attached hydrogen (secondary N) is 1. The Morgan fingerprint density at radius 3 is 2.82 bits per heavy atom. The number of aryl methyl sites for hydroxylation is 1. The fourth-order valence-corrected chi connectivity index (χ4v) is 1.84. The second-order valence-electron chi connectivity index (χ2n) is 4.57. The number of rotatable bonds is 4.